The highest BCUT2D eigenvalue weighted by Gasteiger charge is 2.49. The first-order valence-electron chi connectivity index (χ1n) is 9.63. The van der Waals surface area contributed by atoms with Crippen molar-refractivity contribution in [3.63, 3.8) is 0 Å². The van der Waals surface area contributed by atoms with Crippen molar-refractivity contribution in [2.24, 2.45) is 11.3 Å². The molecule has 0 amide bonds. The van der Waals surface area contributed by atoms with Crippen molar-refractivity contribution < 1.29 is 4.74 Å². The molecule has 0 radical (unpaired) electrons. The molecular formula is C20H31N3O. The molecule has 1 aromatic rings. The van der Waals surface area contributed by atoms with E-state index in [2.05, 4.69) is 26.9 Å². The van der Waals surface area contributed by atoms with Crippen molar-refractivity contribution in [1.29, 1.82) is 0 Å². The number of ether oxygens (including phenoxy) is 1. The summed E-state index contributed by atoms with van der Waals surface area (Å²) in [5, 5.41) is 0. The standard InChI is InChI=1S/C20H31N3O/c1-24-15-18-14-23(19-3-2-4-19)16-20(18)7-11-22(12-8-20)13-17-5-9-21-10-6-17/h5-6,9-10,18-19H,2-4,7-8,11-16H2,1H3. The van der Waals surface area contributed by atoms with Crippen LogP contribution in [0.4, 0.5) is 0 Å². The van der Waals surface area contributed by atoms with Crippen LogP contribution in [0.15, 0.2) is 24.5 Å². The number of nitrogens with zero attached hydrogens (tertiary/aromatic N) is 3. The number of piperidine rings is 1. The van der Waals surface area contributed by atoms with Crippen LogP contribution in [-0.2, 0) is 11.3 Å². The second-order valence-electron chi connectivity index (χ2n) is 8.16. The maximum Gasteiger partial charge on any atom is 0.0508 e. The van der Waals surface area contributed by atoms with E-state index >= 15 is 0 Å². The molecule has 3 fully saturated rings. The van der Waals surface area contributed by atoms with Crippen molar-refractivity contribution in [2.45, 2.75) is 44.7 Å². The predicted molar refractivity (Wildman–Crippen MR) is 95.8 cm³/mol. The second-order valence-corrected chi connectivity index (χ2v) is 8.16. The van der Waals surface area contributed by atoms with E-state index in [1.54, 1.807) is 0 Å². The topological polar surface area (TPSA) is 28.6 Å². The first kappa shape index (κ1) is 16.5. The molecule has 1 aromatic heterocycles. The van der Waals surface area contributed by atoms with Gasteiger partial charge in [0.05, 0.1) is 6.61 Å². The highest BCUT2D eigenvalue weighted by atomic mass is 16.5. The van der Waals surface area contributed by atoms with E-state index in [4.69, 9.17) is 4.74 Å². The molecule has 2 aliphatic heterocycles. The van der Waals surface area contributed by atoms with Crippen LogP contribution in [0, 0.1) is 11.3 Å². The molecule has 24 heavy (non-hydrogen) atoms. The minimum Gasteiger partial charge on any atom is -0.384 e. The Labute approximate surface area is 146 Å². The lowest BCUT2D eigenvalue weighted by molar-refractivity contribution is 0.0336. The SMILES string of the molecule is COCC1CN(C2CCC2)CC12CCN(Cc1ccncc1)CC2. The zero-order valence-electron chi connectivity index (χ0n) is 15.0. The fraction of sp³-hybridized carbons (Fsp3) is 0.750. The Kier molecular flexibility index (Phi) is 4.88. The number of rotatable bonds is 5. The van der Waals surface area contributed by atoms with E-state index < -0.39 is 0 Å². The van der Waals surface area contributed by atoms with E-state index in [0.29, 0.717) is 5.41 Å². The van der Waals surface area contributed by atoms with Gasteiger partial charge < -0.3 is 4.74 Å². The summed E-state index contributed by atoms with van der Waals surface area (Å²) in [7, 11) is 1.87. The van der Waals surface area contributed by atoms with E-state index in [1.807, 2.05) is 19.5 Å². The number of methoxy groups -OCH3 is 1. The van der Waals surface area contributed by atoms with Crippen molar-refractivity contribution >= 4 is 0 Å². The molecule has 4 heteroatoms. The second kappa shape index (κ2) is 7.11. The quantitative estimate of drug-likeness (QED) is 0.830. The maximum absolute atomic E-state index is 5.61. The summed E-state index contributed by atoms with van der Waals surface area (Å²) in [6.07, 6.45) is 10.7. The average molecular weight is 329 g/mol. The Morgan fingerprint density at radius 3 is 2.58 bits per heavy atom. The largest absolute Gasteiger partial charge is 0.384 e. The van der Waals surface area contributed by atoms with Crippen molar-refractivity contribution in [3.05, 3.63) is 30.1 Å². The minimum atomic E-state index is 0.500. The minimum absolute atomic E-state index is 0.500. The first-order valence-corrected chi connectivity index (χ1v) is 9.63. The van der Waals surface area contributed by atoms with Gasteiger partial charge in [-0.1, -0.05) is 6.42 Å². The normalized spacial score (nSPS) is 28.3. The van der Waals surface area contributed by atoms with Gasteiger partial charge in [-0.25, -0.2) is 0 Å². The van der Waals surface area contributed by atoms with Crippen molar-refractivity contribution in [3.8, 4) is 0 Å². The Morgan fingerprint density at radius 2 is 1.96 bits per heavy atom. The molecule has 132 valence electrons. The lowest BCUT2D eigenvalue weighted by Gasteiger charge is -2.43. The average Bonchev–Trinajstić information content (AvgIpc) is 2.87. The van der Waals surface area contributed by atoms with E-state index in [0.717, 1.165) is 25.1 Å². The summed E-state index contributed by atoms with van der Waals surface area (Å²) in [6, 6.07) is 5.16. The van der Waals surface area contributed by atoms with Gasteiger partial charge in [0.2, 0.25) is 0 Å². The Morgan fingerprint density at radius 1 is 1.21 bits per heavy atom. The lowest BCUT2D eigenvalue weighted by Crippen LogP contribution is -2.45. The maximum atomic E-state index is 5.61. The Hall–Kier alpha value is -0.970. The zero-order chi connectivity index (χ0) is 16.4. The summed E-state index contributed by atoms with van der Waals surface area (Å²) in [5.41, 5.74) is 1.89. The van der Waals surface area contributed by atoms with Crippen LogP contribution in [0.3, 0.4) is 0 Å². The van der Waals surface area contributed by atoms with Gasteiger partial charge in [0.1, 0.15) is 0 Å². The number of hydrogen-bond acceptors (Lipinski definition) is 4. The summed E-state index contributed by atoms with van der Waals surface area (Å²) >= 11 is 0. The molecule has 4 rings (SSSR count). The molecule has 3 heterocycles. The van der Waals surface area contributed by atoms with Crippen LogP contribution in [0.1, 0.15) is 37.7 Å². The monoisotopic (exact) mass is 329 g/mol. The van der Waals surface area contributed by atoms with Gasteiger partial charge >= 0.3 is 0 Å². The van der Waals surface area contributed by atoms with E-state index in [9.17, 15) is 0 Å². The number of aromatic nitrogens is 1. The predicted octanol–water partition coefficient (Wildman–Crippen LogP) is 2.79. The zero-order valence-corrected chi connectivity index (χ0v) is 15.0. The van der Waals surface area contributed by atoms with Crippen LogP contribution in [-0.4, -0.2) is 60.7 Å². The van der Waals surface area contributed by atoms with E-state index in [-0.39, 0.29) is 0 Å². The molecular weight excluding hydrogens is 298 g/mol. The molecule has 1 spiro atoms. The van der Waals surface area contributed by atoms with Gasteiger partial charge in [-0.2, -0.15) is 0 Å². The summed E-state index contributed by atoms with van der Waals surface area (Å²) in [4.78, 5) is 9.55. The van der Waals surface area contributed by atoms with E-state index in [1.165, 1.54) is 63.8 Å². The molecule has 1 atom stereocenters. The van der Waals surface area contributed by atoms with Gasteiger partial charge in [0.25, 0.3) is 0 Å². The molecule has 2 saturated heterocycles. The number of pyridine rings is 1. The van der Waals surface area contributed by atoms with Crippen LogP contribution >= 0.6 is 0 Å². The highest BCUT2D eigenvalue weighted by molar-refractivity contribution is 5.10. The third-order valence-electron chi connectivity index (χ3n) is 6.81. The van der Waals surface area contributed by atoms with Gasteiger partial charge in [-0.15, -0.1) is 0 Å². The third-order valence-corrected chi connectivity index (χ3v) is 6.81. The Balaban J connectivity index is 1.38. The molecule has 0 aromatic carbocycles. The van der Waals surface area contributed by atoms with Gasteiger partial charge in [0, 0.05) is 51.1 Å². The number of likely N-dealkylation sites (tertiary alicyclic amines) is 2. The van der Waals surface area contributed by atoms with Crippen LogP contribution in [0.2, 0.25) is 0 Å². The molecule has 1 unspecified atom stereocenters. The van der Waals surface area contributed by atoms with Gasteiger partial charge in [-0.3, -0.25) is 14.8 Å². The molecule has 4 nitrogen and oxygen atoms in total. The van der Waals surface area contributed by atoms with Crippen LogP contribution < -0.4 is 0 Å². The molecule has 3 aliphatic rings. The van der Waals surface area contributed by atoms with Gasteiger partial charge in [-0.05, 0) is 61.9 Å². The lowest BCUT2D eigenvalue weighted by atomic mass is 9.71. The summed E-state index contributed by atoms with van der Waals surface area (Å²) in [6.45, 7) is 7.03. The molecule has 1 saturated carbocycles. The molecule has 0 N–H and O–H groups in total. The van der Waals surface area contributed by atoms with Crippen molar-refractivity contribution in [2.75, 3.05) is 39.9 Å². The fourth-order valence-electron chi connectivity index (χ4n) is 5.00. The Bertz CT molecular complexity index is 523. The van der Waals surface area contributed by atoms with Crippen LogP contribution in [0.5, 0.6) is 0 Å². The van der Waals surface area contributed by atoms with Crippen molar-refractivity contribution in [1.82, 2.24) is 14.8 Å². The highest BCUT2D eigenvalue weighted by Crippen LogP contribution is 2.47. The smallest absolute Gasteiger partial charge is 0.0508 e. The summed E-state index contributed by atoms with van der Waals surface area (Å²) < 4.78 is 5.61. The third kappa shape index (κ3) is 3.24. The van der Waals surface area contributed by atoms with Crippen LogP contribution in [0.25, 0.3) is 0 Å². The van der Waals surface area contributed by atoms with Gasteiger partial charge in [0.15, 0.2) is 0 Å². The number of hydrogen-bond donors (Lipinski definition) is 0. The molecule has 0 bridgehead atoms. The first-order chi connectivity index (χ1) is 11.8. The molecule has 1 aliphatic carbocycles. The fourth-order valence-corrected chi connectivity index (χ4v) is 5.00. The summed E-state index contributed by atoms with van der Waals surface area (Å²) in [5.74, 6) is 0.728.